The lowest BCUT2D eigenvalue weighted by Gasteiger charge is -2.06. The molecule has 0 bridgehead atoms. The van der Waals surface area contributed by atoms with Crippen molar-refractivity contribution in [3.05, 3.63) is 32.8 Å². The smallest absolute Gasteiger partial charge is 0.167 e. The van der Waals surface area contributed by atoms with Crippen molar-refractivity contribution in [3.63, 3.8) is 0 Å². The van der Waals surface area contributed by atoms with E-state index < -0.39 is 6.10 Å². The Morgan fingerprint density at radius 2 is 1.92 bits per heavy atom. The Bertz CT molecular complexity index is 372. The standard InChI is InChI=1S/C8H4Cl3NO/c9-4-1-5(7(13)3-12)8(11)6(10)2-4/h1-2,7,13H. The van der Waals surface area contributed by atoms with Gasteiger partial charge in [-0.15, -0.1) is 0 Å². The maximum Gasteiger partial charge on any atom is 0.167 e. The lowest BCUT2D eigenvalue weighted by Crippen LogP contribution is -1.94. The van der Waals surface area contributed by atoms with Gasteiger partial charge in [-0.1, -0.05) is 34.8 Å². The summed E-state index contributed by atoms with van der Waals surface area (Å²) in [6.07, 6.45) is -1.30. The number of benzene rings is 1. The van der Waals surface area contributed by atoms with E-state index in [-0.39, 0.29) is 15.6 Å². The van der Waals surface area contributed by atoms with Gasteiger partial charge in [0.15, 0.2) is 6.10 Å². The van der Waals surface area contributed by atoms with E-state index in [1.807, 2.05) is 0 Å². The summed E-state index contributed by atoms with van der Waals surface area (Å²) in [7, 11) is 0. The Kier molecular flexibility index (Phi) is 3.40. The van der Waals surface area contributed by atoms with E-state index in [9.17, 15) is 5.11 Å². The van der Waals surface area contributed by atoms with Crippen LogP contribution in [0.3, 0.4) is 0 Å². The van der Waals surface area contributed by atoms with E-state index >= 15 is 0 Å². The van der Waals surface area contributed by atoms with Crippen LogP contribution in [0.25, 0.3) is 0 Å². The fourth-order valence-corrected chi connectivity index (χ4v) is 1.57. The van der Waals surface area contributed by atoms with Gasteiger partial charge < -0.3 is 5.11 Å². The minimum absolute atomic E-state index is 0.153. The topological polar surface area (TPSA) is 44.0 Å². The van der Waals surface area contributed by atoms with Gasteiger partial charge in [-0.2, -0.15) is 5.26 Å². The highest BCUT2D eigenvalue weighted by Crippen LogP contribution is 2.32. The van der Waals surface area contributed by atoms with Gasteiger partial charge in [0, 0.05) is 10.6 Å². The molecule has 0 aromatic heterocycles. The molecule has 13 heavy (non-hydrogen) atoms. The molecule has 1 aromatic carbocycles. The van der Waals surface area contributed by atoms with Crippen molar-refractivity contribution >= 4 is 34.8 Å². The molecule has 0 amide bonds. The minimum atomic E-state index is -1.30. The number of nitriles is 1. The van der Waals surface area contributed by atoms with Crippen molar-refractivity contribution in [1.29, 1.82) is 5.26 Å². The molecule has 0 saturated heterocycles. The zero-order valence-corrected chi connectivity index (χ0v) is 8.53. The second-order valence-electron chi connectivity index (χ2n) is 2.32. The van der Waals surface area contributed by atoms with Crippen LogP contribution < -0.4 is 0 Å². The molecular formula is C8H4Cl3NO. The monoisotopic (exact) mass is 235 g/mol. The fourth-order valence-electron chi connectivity index (χ4n) is 0.844. The molecule has 0 fully saturated rings. The second-order valence-corrected chi connectivity index (χ2v) is 3.54. The number of hydrogen-bond acceptors (Lipinski definition) is 2. The molecule has 1 aromatic rings. The Labute approximate surface area is 90.3 Å². The van der Waals surface area contributed by atoms with Gasteiger partial charge in [-0.3, -0.25) is 0 Å². The molecule has 0 aliphatic heterocycles. The summed E-state index contributed by atoms with van der Waals surface area (Å²) in [5, 5.41) is 18.4. The third kappa shape index (κ3) is 2.26. The first-order valence-electron chi connectivity index (χ1n) is 3.28. The third-order valence-electron chi connectivity index (χ3n) is 1.44. The van der Waals surface area contributed by atoms with Crippen LogP contribution in [0.1, 0.15) is 11.7 Å². The first-order valence-corrected chi connectivity index (χ1v) is 4.41. The minimum Gasteiger partial charge on any atom is -0.374 e. The van der Waals surface area contributed by atoms with Crippen molar-refractivity contribution in [1.82, 2.24) is 0 Å². The van der Waals surface area contributed by atoms with E-state index in [0.717, 1.165) is 0 Å². The molecule has 0 saturated carbocycles. The van der Waals surface area contributed by atoms with E-state index in [0.29, 0.717) is 5.02 Å². The Hall–Kier alpha value is -0.460. The quantitative estimate of drug-likeness (QED) is 0.601. The number of rotatable bonds is 1. The summed E-state index contributed by atoms with van der Waals surface area (Å²) in [6, 6.07) is 4.48. The molecule has 0 spiro atoms. The molecule has 0 aliphatic carbocycles. The summed E-state index contributed by atoms with van der Waals surface area (Å²) >= 11 is 17.1. The van der Waals surface area contributed by atoms with Crippen LogP contribution in [0, 0.1) is 11.3 Å². The van der Waals surface area contributed by atoms with Gasteiger partial charge in [0.25, 0.3) is 0 Å². The molecule has 2 nitrogen and oxygen atoms in total. The van der Waals surface area contributed by atoms with E-state index in [1.165, 1.54) is 12.1 Å². The van der Waals surface area contributed by atoms with Crippen LogP contribution in [0.5, 0.6) is 0 Å². The number of nitrogens with zero attached hydrogens (tertiary/aromatic N) is 1. The SMILES string of the molecule is N#CC(O)c1cc(Cl)cc(Cl)c1Cl. The molecular weight excluding hydrogens is 232 g/mol. The first-order chi connectivity index (χ1) is 6.06. The maximum absolute atomic E-state index is 9.20. The van der Waals surface area contributed by atoms with E-state index in [1.54, 1.807) is 6.07 Å². The highest BCUT2D eigenvalue weighted by molar-refractivity contribution is 6.43. The third-order valence-corrected chi connectivity index (χ3v) is 2.47. The Morgan fingerprint density at radius 1 is 1.31 bits per heavy atom. The van der Waals surface area contributed by atoms with Crippen molar-refractivity contribution in [3.8, 4) is 6.07 Å². The van der Waals surface area contributed by atoms with Gasteiger partial charge in [0.05, 0.1) is 16.1 Å². The lowest BCUT2D eigenvalue weighted by atomic mass is 10.1. The highest BCUT2D eigenvalue weighted by Gasteiger charge is 2.13. The Balaban J connectivity index is 3.30. The molecule has 1 unspecified atom stereocenters. The largest absolute Gasteiger partial charge is 0.374 e. The Morgan fingerprint density at radius 3 is 2.46 bits per heavy atom. The van der Waals surface area contributed by atoms with Gasteiger partial charge >= 0.3 is 0 Å². The highest BCUT2D eigenvalue weighted by atomic mass is 35.5. The summed E-state index contributed by atoms with van der Waals surface area (Å²) in [5.74, 6) is 0. The van der Waals surface area contributed by atoms with Crippen LogP contribution in [0.15, 0.2) is 12.1 Å². The van der Waals surface area contributed by atoms with Crippen LogP contribution >= 0.6 is 34.8 Å². The number of halogens is 3. The number of aliphatic hydroxyl groups excluding tert-OH is 1. The summed E-state index contributed by atoms with van der Waals surface area (Å²) < 4.78 is 0. The van der Waals surface area contributed by atoms with Crippen molar-refractivity contribution in [2.24, 2.45) is 0 Å². The summed E-state index contributed by atoms with van der Waals surface area (Å²) in [6.45, 7) is 0. The van der Waals surface area contributed by atoms with Crippen molar-refractivity contribution in [2.75, 3.05) is 0 Å². The maximum atomic E-state index is 9.20. The van der Waals surface area contributed by atoms with E-state index in [2.05, 4.69) is 0 Å². The molecule has 1 rings (SSSR count). The zero-order chi connectivity index (χ0) is 10.0. The molecule has 1 atom stereocenters. The lowest BCUT2D eigenvalue weighted by molar-refractivity contribution is 0.236. The molecule has 68 valence electrons. The van der Waals surface area contributed by atoms with Crippen molar-refractivity contribution < 1.29 is 5.11 Å². The van der Waals surface area contributed by atoms with E-state index in [4.69, 9.17) is 40.1 Å². The second kappa shape index (κ2) is 4.17. The molecule has 0 heterocycles. The number of hydrogen-bond donors (Lipinski definition) is 1. The fraction of sp³-hybridized carbons (Fsp3) is 0.125. The van der Waals surface area contributed by atoms with Crippen molar-refractivity contribution in [2.45, 2.75) is 6.10 Å². The molecule has 0 aliphatic rings. The summed E-state index contributed by atoms with van der Waals surface area (Å²) in [5.41, 5.74) is 0.224. The molecule has 5 heteroatoms. The average molecular weight is 236 g/mol. The van der Waals surface area contributed by atoms with Crippen LogP contribution in [-0.2, 0) is 0 Å². The zero-order valence-electron chi connectivity index (χ0n) is 6.26. The van der Waals surface area contributed by atoms with Crippen LogP contribution in [-0.4, -0.2) is 5.11 Å². The van der Waals surface area contributed by atoms with Gasteiger partial charge in [-0.25, -0.2) is 0 Å². The molecule has 1 N–H and O–H groups in total. The van der Waals surface area contributed by atoms with Crippen LogP contribution in [0.2, 0.25) is 15.1 Å². The predicted molar refractivity (Wildman–Crippen MR) is 52.0 cm³/mol. The predicted octanol–water partition coefficient (Wildman–Crippen LogP) is 3.20. The number of aliphatic hydroxyl groups is 1. The van der Waals surface area contributed by atoms with Gasteiger partial charge in [0.1, 0.15) is 0 Å². The molecule has 0 radical (unpaired) electrons. The van der Waals surface area contributed by atoms with Gasteiger partial charge in [-0.05, 0) is 12.1 Å². The summed E-state index contributed by atoms with van der Waals surface area (Å²) in [4.78, 5) is 0. The normalized spacial score (nSPS) is 12.2. The average Bonchev–Trinajstić information content (AvgIpc) is 2.10. The first kappa shape index (κ1) is 10.6. The van der Waals surface area contributed by atoms with Crippen LogP contribution in [0.4, 0.5) is 0 Å². The van der Waals surface area contributed by atoms with Gasteiger partial charge in [0.2, 0.25) is 0 Å².